The van der Waals surface area contributed by atoms with Gasteiger partial charge in [-0.2, -0.15) is 0 Å². The van der Waals surface area contributed by atoms with Crippen LogP contribution >= 0.6 is 0 Å². The second-order valence-corrected chi connectivity index (χ2v) is 5.26. The van der Waals surface area contributed by atoms with Gasteiger partial charge in [0.05, 0.1) is 0 Å². The third-order valence-electron chi connectivity index (χ3n) is 3.86. The van der Waals surface area contributed by atoms with Gasteiger partial charge in [0.15, 0.2) is 5.84 Å². The van der Waals surface area contributed by atoms with Crippen molar-refractivity contribution in [3.8, 4) is 0 Å². The molecule has 5 heteroatoms. The zero-order valence-corrected chi connectivity index (χ0v) is 11.5. The highest BCUT2D eigenvalue weighted by molar-refractivity contribution is 5.99. The first-order valence-corrected chi connectivity index (χ1v) is 7.07. The Morgan fingerprint density at radius 1 is 1.25 bits per heavy atom. The zero-order valence-electron chi connectivity index (χ0n) is 11.5. The molecule has 1 amide bonds. The van der Waals surface area contributed by atoms with E-state index in [1.807, 2.05) is 0 Å². The van der Waals surface area contributed by atoms with E-state index in [9.17, 15) is 4.79 Å². The number of amidine groups is 1. The molecule has 0 radical (unpaired) electrons. The first-order chi connectivity index (χ1) is 9.70. The number of hydrogen-bond acceptors (Lipinski definition) is 3. The number of carbonyl (C=O) groups is 1. The van der Waals surface area contributed by atoms with Crippen LogP contribution in [0.4, 0.5) is 0 Å². The van der Waals surface area contributed by atoms with E-state index in [0.29, 0.717) is 11.1 Å². The van der Waals surface area contributed by atoms with Crippen molar-refractivity contribution in [3.63, 3.8) is 0 Å². The quantitative estimate of drug-likeness (QED) is 0.333. The average molecular weight is 275 g/mol. The molecule has 0 unspecified atom stereocenters. The molecule has 0 bridgehead atoms. The normalized spacial score (nSPS) is 16.3. The molecule has 1 aliphatic rings. The Kier molecular flexibility index (Phi) is 4.98. The highest BCUT2D eigenvalue weighted by Gasteiger charge is 2.15. The Labute approximate surface area is 118 Å². The predicted octanol–water partition coefficient (Wildman–Crippen LogP) is 2.09. The van der Waals surface area contributed by atoms with Crippen LogP contribution in [0, 0.1) is 5.92 Å². The molecular weight excluding hydrogens is 254 g/mol. The molecule has 0 aromatic heterocycles. The van der Waals surface area contributed by atoms with Gasteiger partial charge in [-0.25, -0.2) is 0 Å². The number of rotatable bonds is 5. The van der Waals surface area contributed by atoms with Crippen molar-refractivity contribution in [2.75, 3.05) is 6.54 Å². The largest absolute Gasteiger partial charge is 0.409 e. The molecular formula is C15H21N3O2. The van der Waals surface area contributed by atoms with Crippen LogP contribution in [-0.4, -0.2) is 23.5 Å². The van der Waals surface area contributed by atoms with Gasteiger partial charge in [0.2, 0.25) is 0 Å². The molecule has 1 aromatic rings. The number of hydrogen-bond donors (Lipinski definition) is 3. The maximum absolute atomic E-state index is 11.9. The summed E-state index contributed by atoms with van der Waals surface area (Å²) in [7, 11) is 0. The Bertz CT molecular complexity index is 476. The van der Waals surface area contributed by atoms with Gasteiger partial charge in [-0.05, 0) is 24.5 Å². The van der Waals surface area contributed by atoms with E-state index in [2.05, 4.69) is 10.5 Å². The van der Waals surface area contributed by atoms with Gasteiger partial charge in [-0.15, -0.1) is 0 Å². The van der Waals surface area contributed by atoms with E-state index < -0.39 is 0 Å². The number of nitrogens with zero attached hydrogens (tertiary/aromatic N) is 1. The van der Waals surface area contributed by atoms with Crippen LogP contribution in [0.3, 0.4) is 0 Å². The fourth-order valence-electron chi connectivity index (χ4n) is 2.64. The highest BCUT2D eigenvalue weighted by atomic mass is 16.4. The lowest BCUT2D eigenvalue weighted by molar-refractivity contribution is 0.0951. The van der Waals surface area contributed by atoms with Crippen LogP contribution in [-0.2, 0) is 0 Å². The lowest BCUT2D eigenvalue weighted by Crippen LogP contribution is -2.25. The van der Waals surface area contributed by atoms with E-state index >= 15 is 0 Å². The summed E-state index contributed by atoms with van der Waals surface area (Å²) in [4.78, 5) is 11.9. The molecule has 1 aromatic carbocycles. The van der Waals surface area contributed by atoms with Gasteiger partial charge in [0.1, 0.15) is 0 Å². The second kappa shape index (κ2) is 6.93. The summed E-state index contributed by atoms with van der Waals surface area (Å²) >= 11 is 0. The summed E-state index contributed by atoms with van der Waals surface area (Å²) in [6, 6.07) is 6.69. The Hall–Kier alpha value is -2.04. The molecule has 1 fully saturated rings. The SMILES string of the molecule is N/C(=N\O)c1ccc(C(=O)NCCC2CCCC2)cc1. The van der Waals surface area contributed by atoms with Crippen molar-refractivity contribution in [2.24, 2.45) is 16.8 Å². The Morgan fingerprint density at radius 2 is 1.85 bits per heavy atom. The van der Waals surface area contributed by atoms with E-state index in [4.69, 9.17) is 10.9 Å². The predicted molar refractivity (Wildman–Crippen MR) is 77.9 cm³/mol. The van der Waals surface area contributed by atoms with Gasteiger partial charge in [0, 0.05) is 17.7 Å². The summed E-state index contributed by atoms with van der Waals surface area (Å²) in [5.74, 6) is 0.741. The monoisotopic (exact) mass is 275 g/mol. The van der Waals surface area contributed by atoms with E-state index in [1.54, 1.807) is 24.3 Å². The smallest absolute Gasteiger partial charge is 0.251 e. The molecule has 4 N–H and O–H groups in total. The third kappa shape index (κ3) is 3.73. The second-order valence-electron chi connectivity index (χ2n) is 5.26. The third-order valence-corrected chi connectivity index (χ3v) is 3.86. The minimum Gasteiger partial charge on any atom is -0.409 e. The highest BCUT2D eigenvalue weighted by Crippen LogP contribution is 2.26. The number of carbonyl (C=O) groups excluding carboxylic acids is 1. The molecule has 0 saturated heterocycles. The number of benzene rings is 1. The zero-order chi connectivity index (χ0) is 14.4. The number of oxime groups is 1. The minimum absolute atomic E-state index is 0.0400. The van der Waals surface area contributed by atoms with Crippen molar-refractivity contribution < 1.29 is 10.0 Å². The summed E-state index contributed by atoms with van der Waals surface area (Å²) in [6.07, 6.45) is 6.31. The maximum Gasteiger partial charge on any atom is 0.251 e. The van der Waals surface area contributed by atoms with Gasteiger partial charge in [-0.3, -0.25) is 4.79 Å². The number of amides is 1. The van der Waals surface area contributed by atoms with Gasteiger partial charge in [0.25, 0.3) is 5.91 Å². The molecule has 1 saturated carbocycles. The Balaban J connectivity index is 1.82. The lowest BCUT2D eigenvalue weighted by Gasteiger charge is -2.10. The van der Waals surface area contributed by atoms with E-state index in [-0.39, 0.29) is 11.7 Å². The van der Waals surface area contributed by atoms with Crippen molar-refractivity contribution >= 4 is 11.7 Å². The van der Waals surface area contributed by atoms with E-state index in [1.165, 1.54) is 25.7 Å². The molecule has 2 rings (SSSR count). The first kappa shape index (κ1) is 14.4. The fourth-order valence-corrected chi connectivity index (χ4v) is 2.64. The van der Waals surface area contributed by atoms with Crippen molar-refractivity contribution in [3.05, 3.63) is 35.4 Å². The van der Waals surface area contributed by atoms with Crippen molar-refractivity contribution in [1.82, 2.24) is 5.32 Å². The maximum atomic E-state index is 11.9. The summed E-state index contributed by atoms with van der Waals surface area (Å²) in [6.45, 7) is 0.728. The summed E-state index contributed by atoms with van der Waals surface area (Å²) in [5.41, 5.74) is 6.65. The van der Waals surface area contributed by atoms with Crippen LogP contribution in [0.15, 0.2) is 29.4 Å². The minimum atomic E-state index is -0.0749. The Morgan fingerprint density at radius 3 is 2.45 bits per heavy atom. The van der Waals surface area contributed by atoms with Gasteiger partial charge < -0.3 is 16.3 Å². The molecule has 108 valence electrons. The van der Waals surface area contributed by atoms with Crippen LogP contribution in [0.25, 0.3) is 0 Å². The molecule has 0 heterocycles. The molecule has 0 atom stereocenters. The van der Waals surface area contributed by atoms with Crippen LogP contribution in [0.2, 0.25) is 0 Å². The van der Waals surface area contributed by atoms with E-state index in [0.717, 1.165) is 18.9 Å². The molecule has 20 heavy (non-hydrogen) atoms. The molecule has 1 aliphatic carbocycles. The van der Waals surface area contributed by atoms with Crippen LogP contribution < -0.4 is 11.1 Å². The number of nitrogens with one attached hydrogen (secondary N) is 1. The van der Waals surface area contributed by atoms with Crippen molar-refractivity contribution in [1.29, 1.82) is 0 Å². The van der Waals surface area contributed by atoms with Crippen LogP contribution in [0.5, 0.6) is 0 Å². The first-order valence-electron chi connectivity index (χ1n) is 7.07. The molecule has 0 spiro atoms. The van der Waals surface area contributed by atoms with Crippen LogP contribution in [0.1, 0.15) is 48.0 Å². The van der Waals surface area contributed by atoms with Crippen molar-refractivity contribution in [2.45, 2.75) is 32.1 Å². The fraction of sp³-hybridized carbons (Fsp3) is 0.467. The summed E-state index contributed by atoms with van der Waals surface area (Å²) < 4.78 is 0. The van der Waals surface area contributed by atoms with Gasteiger partial charge in [-0.1, -0.05) is 43.0 Å². The molecule has 0 aliphatic heterocycles. The number of nitrogens with two attached hydrogens (primary N) is 1. The lowest BCUT2D eigenvalue weighted by atomic mass is 10.0. The molecule has 5 nitrogen and oxygen atoms in total. The topological polar surface area (TPSA) is 87.7 Å². The van der Waals surface area contributed by atoms with Gasteiger partial charge >= 0.3 is 0 Å². The standard InChI is InChI=1S/C15H21N3O2/c16-14(18-20)12-5-7-13(8-6-12)15(19)17-10-9-11-3-1-2-4-11/h5-8,11,20H,1-4,9-10H2,(H2,16,18)(H,17,19). The summed E-state index contributed by atoms with van der Waals surface area (Å²) in [5, 5.41) is 14.4. The average Bonchev–Trinajstić information content (AvgIpc) is 2.99.